The minimum atomic E-state index is -0.283. The van der Waals surface area contributed by atoms with Gasteiger partial charge >= 0.3 is 5.97 Å². The molecule has 0 N–H and O–H groups in total. The summed E-state index contributed by atoms with van der Waals surface area (Å²) in [5.74, 6) is 2.56. The Hall–Kier alpha value is -1.45. The van der Waals surface area contributed by atoms with E-state index in [0.717, 1.165) is 44.9 Å². The fourth-order valence-electron chi connectivity index (χ4n) is 9.57. The van der Waals surface area contributed by atoms with Crippen molar-refractivity contribution in [2.24, 2.45) is 39.9 Å². The summed E-state index contributed by atoms with van der Waals surface area (Å²) in [6.07, 6.45) is 11.8. The Balaban J connectivity index is 1.47. The maximum absolute atomic E-state index is 13.2. The van der Waals surface area contributed by atoms with Crippen molar-refractivity contribution in [3.05, 3.63) is 11.6 Å². The zero-order chi connectivity index (χ0) is 22.2. The minimum absolute atomic E-state index is 0.0298. The van der Waals surface area contributed by atoms with Crippen LogP contribution in [-0.4, -0.2) is 23.6 Å². The molecule has 0 heterocycles. The van der Waals surface area contributed by atoms with Gasteiger partial charge in [-0.3, -0.25) is 14.4 Å². The van der Waals surface area contributed by atoms with Crippen LogP contribution in [0, 0.1) is 39.9 Å². The number of hydrogen-bond acceptors (Lipinski definition) is 4. The van der Waals surface area contributed by atoms with Gasteiger partial charge in [0, 0.05) is 31.6 Å². The van der Waals surface area contributed by atoms with Crippen molar-refractivity contribution in [3.63, 3.8) is 0 Å². The van der Waals surface area contributed by atoms with E-state index in [2.05, 4.69) is 19.9 Å². The second-order valence-corrected chi connectivity index (χ2v) is 11.9. The first-order chi connectivity index (χ1) is 14.6. The molecule has 0 aromatic carbocycles. The molecule has 31 heavy (non-hydrogen) atoms. The molecule has 5 aliphatic carbocycles. The lowest BCUT2D eigenvalue weighted by Gasteiger charge is -2.60. The van der Waals surface area contributed by atoms with E-state index in [1.165, 1.54) is 18.9 Å². The minimum Gasteiger partial charge on any atom is -0.462 e. The topological polar surface area (TPSA) is 60.4 Å². The zero-order valence-electron chi connectivity index (χ0n) is 19.7. The van der Waals surface area contributed by atoms with Gasteiger partial charge in [-0.25, -0.2) is 0 Å². The lowest BCUT2D eigenvalue weighted by atomic mass is 9.44. The number of carbonyl (C=O) groups excluding carboxylic acids is 3. The summed E-state index contributed by atoms with van der Waals surface area (Å²) < 4.78 is 5.57. The molecule has 5 aliphatic rings. The molecule has 0 spiro atoms. The van der Waals surface area contributed by atoms with E-state index in [1.54, 1.807) is 6.92 Å². The third kappa shape index (κ3) is 2.82. The Labute approximate surface area is 186 Å². The number of fused-ring (bicyclic) bond motifs is 7. The SMILES string of the molecule is CC(=O)OC1CCC2(C)C(=CCC3C2CCC2(C)C3CC3CC(=O)CCC32C(C)=O)C1. The molecule has 0 saturated heterocycles. The van der Waals surface area contributed by atoms with Gasteiger partial charge in [-0.2, -0.15) is 0 Å². The van der Waals surface area contributed by atoms with Gasteiger partial charge in [-0.05, 0) is 86.4 Å². The maximum atomic E-state index is 13.2. The van der Waals surface area contributed by atoms with Crippen LogP contribution in [-0.2, 0) is 19.1 Å². The summed E-state index contributed by atoms with van der Waals surface area (Å²) in [7, 11) is 0. The summed E-state index contributed by atoms with van der Waals surface area (Å²) in [5, 5.41) is 0. The molecule has 0 bridgehead atoms. The van der Waals surface area contributed by atoms with Crippen LogP contribution < -0.4 is 0 Å². The van der Waals surface area contributed by atoms with Crippen LogP contribution in [0.4, 0.5) is 0 Å². The predicted molar refractivity (Wildman–Crippen MR) is 118 cm³/mol. The van der Waals surface area contributed by atoms with Crippen molar-refractivity contribution < 1.29 is 19.1 Å². The van der Waals surface area contributed by atoms with E-state index < -0.39 is 0 Å². The smallest absolute Gasteiger partial charge is 0.302 e. The third-order valence-electron chi connectivity index (χ3n) is 10.9. The van der Waals surface area contributed by atoms with Gasteiger partial charge in [0.15, 0.2) is 0 Å². The molecule has 0 aliphatic heterocycles. The Kier molecular flexibility index (Phi) is 4.85. The van der Waals surface area contributed by atoms with E-state index >= 15 is 0 Å². The van der Waals surface area contributed by atoms with Crippen LogP contribution in [0.15, 0.2) is 11.6 Å². The van der Waals surface area contributed by atoms with Gasteiger partial charge in [0.25, 0.3) is 0 Å². The van der Waals surface area contributed by atoms with Crippen LogP contribution in [0.5, 0.6) is 0 Å². The summed E-state index contributed by atoms with van der Waals surface area (Å²) in [4.78, 5) is 37.0. The summed E-state index contributed by atoms with van der Waals surface area (Å²) in [5.41, 5.74) is 1.44. The number of Topliss-reactive ketones (excluding diaryl/α,β-unsaturated/α-hetero) is 2. The van der Waals surface area contributed by atoms with Crippen LogP contribution in [0.2, 0.25) is 0 Å². The lowest BCUT2D eigenvalue weighted by molar-refractivity contribution is -0.153. The number of carbonyl (C=O) groups is 3. The summed E-state index contributed by atoms with van der Waals surface area (Å²) in [6, 6.07) is 0. The molecule has 0 aromatic heterocycles. The Morgan fingerprint density at radius 3 is 2.52 bits per heavy atom. The number of esters is 1. The van der Waals surface area contributed by atoms with Gasteiger partial charge in [0.1, 0.15) is 17.7 Å². The normalized spacial score (nSPS) is 48.6. The molecule has 4 nitrogen and oxygen atoms in total. The molecule has 5 rings (SSSR count). The Morgan fingerprint density at radius 1 is 1.03 bits per heavy atom. The number of ether oxygens (including phenoxy) is 1. The van der Waals surface area contributed by atoms with Crippen molar-refractivity contribution >= 4 is 17.5 Å². The van der Waals surface area contributed by atoms with Crippen LogP contribution >= 0.6 is 0 Å². The van der Waals surface area contributed by atoms with Crippen molar-refractivity contribution in [1.82, 2.24) is 0 Å². The van der Waals surface area contributed by atoms with Gasteiger partial charge in [0.05, 0.1) is 0 Å². The highest BCUT2D eigenvalue weighted by molar-refractivity contribution is 5.89. The first-order valence-corrected chi connectivity index (χ1v) is 12.5. The molecule has 4 fully saturated rings. The molecule has 170 valence electrons. The number of rotatable bonds is 2. The van der Waals surface area contributed by atoms with Gasteiger partial charge in [-0.15, -0.1) is 0 Å². The average Bonchev–Trinajstić information content (AvgIpc) is 2.97. The molecular formula is C27H38O4. The fraction of sp³-hybridized carbons (Fsp3) is 0.815. The number of allylic oxidation sites excluding steroid dienone is 1. The first kappa shape index (κ1) is 21.4. The first-order valence-electron chi connectivity index (χ1n) is 12.5. The third-order valence-corrected chi connectivity index (χ3v) is 10.9. The van der Waals surface area contributed by atoms with Gasteiger partial charge in [-0.1, -0.05) is 25.5 Å². The molecule has 0 radical (unpaired) electrons. The van der Waals surface area contributed by atoms with Crippen LogP contribution in [0.25, 0.3) is 0 Å². The van der Waals surface area contributed by atoms with Gasteiger partial charge < -0.3 is 4.74 Å². The highest BCUT2D eigenvalue weighted by Gasteiger charge is 2.69. The predicted octanol–water partition coefficient (Wildman–Crippen LogP) is 5.44. The van der Waals surface area contributed by atoms with E-state index in [9.17, 15) is 14.4 Å². The highest BCUT2D eigenvalue weighted by Crippen LogP contribution is 2.73. The highest BCUT2D eigenvalue weighted by atomic mass is 16.5. The Bertz CT molecular complexity index is 857. The standard InChI is InChI=1S/C27H38O4/c1-16(28)27-12-7-20(30)13-19(27)15-24-22-6-5-18-14-21(31-17(2)29)8-10-25(18,3)23(22)9-11-26(24,27)4/h5,19,21-24H,6-15H2,1-4H3. The van der Waals surface area contributed by atoms with Crippen molar-refractivity contribution in [2.45, 2.75) is 98.0 Å². The monoisotopic (exact) mass is 426 g/mol. The van der Waals surface area contributed by atoms with Crippen LogP contribution in [0.1, 0.15) is 91.9 Å². The fourth-order valence-corrected chi connectivity index (χ4v) is 9.57. The largest absolute Gasteiger partial charge is 0.462 e. The number of ketones is 2. The van der Waals surface area contributed by atoms with Crippen LogP contribution in [0.3, 0.4) is 0 Å². The molecular weight excluding hydrogens is 388 g/mol. The van der Waals surface area contributed by atoms with E-state index in [1.807, 2.05) is 0 Å². The number of hydrogen-bond donors (Lipinski definition) is 0. The zero-order valence-corrected chi connectivity index (χ0v) is 19.7. The molecule has 8 unspecified atom stereocenters. The van der Waals surface area contributed by atoms with Gasteiger partial charge in [0.2, 0.25) is 0 Å². The van der Waals surface area contributed by atoms with Crippen molar-refractivity contribution in [3.8, 4) is 0 Å². The van der Waals surface area contributed by atoms with Crippen molar-refractivity contribution in [1.29, 1.82) is 0 Å². The summed E-state index contributed by atoms with van der Waals surface area (Å²) >= 11 is 0. The van der Waals surface area contributed by atoms with Crippen molar-refractivity contribution in [2.75, 3.05) is 0 Å². The molecule has 4 heteroatoms. The quantitative estimate of drug-likeness (QED) is 0.436. The molecule has 4 saturated carbocycles. The summed E-state index contributed by atoms with van der Waals surface area (Å²) in [6.45, 7) is 8.17. The molecule has 0 amide bonds. The van der Waals surface area contributed by atoms with E-state index in [4.69, 9.17) is 4.74 Å². The lowest BCUT2D eigenvalue weighted by Crippen LogP contribution is -2.55. The molecule has 8 atom stereocenters. The second kappa shape index (κ2) is 7.02. The van der Waals surface area contributed by atoms with E-state index in [-0.39, 0.29) is 34.2 Å². The maximum Gasteiger partial charge on any atom is 0.302 e. The molecule has 0 aromatic rings. The van der Waals surface area contributed by atoms with E-state index in [0.29, 0.717) is 42.2 Å². The second-order valence-electron chi connectivity index (χ2n) is 11.9. The Morgan fingerprint density at radius 2 is 1.81 bits per heavy atom. The average molecular weight is 427 g/mol.